The highest BCUT2D eigenvalue weighted by atomic mass is 16.4. The predicted molar refractivity (Wildman–Crippen MR) is 123 cm³/mol. The average Bonchev–Trinajstić information content (AvgIpc) is 2.88. The molecule has 37 heavy (non-hydrogen) atoms. The summed E-state index contributed by atoms with van der Waals surface area (Å²) in [6, 6.07) is -2.29. The molecule has 5 unspecified atom stereocenters. The van der Waals surface area contributed by atoms with E-state index in [1.807, 2.05) is 5.32 Å². The van der Waals surface area contributed by atoms with Gasteiger partial charge in [0.1, 0.15) is 36.0 Å². The van der Waals surface area contributed by atoms with Crippen LogP contribution in [-0.4, -0.2) is 117 Å². The zero-order valence-electron chi connectivity index (χ0n) is 19.5. The number of nitrogens with two attached hydrogens (primary N) is 1. The summed E-state index contributed by atoms with van der Waals surface area (Å²) in [4.78, 5) is 60.9. The van der Waals surface area contributed by atoms with Gasteiger partial charge in [0, 0.05) is 6.42 Å². The van der Waals surface area contributed by atoms with Crippen molar-refractivity contribution in [2.45, 2.75) is 36.6 Å². The van der Waals surface area contributed by atoms with Crippen molar-refractivity contribution in [2.24, 2.45) is 5.73 Å². The highest BCUT2D eigenvalue weighted by molar-refractivity contribution is 5.95. The number of aliphatic carboxylic acids is 1. The Labute approximate surface area is 210 Å². The maximum atomic E-state index is 13.0. The first-order chi connectivity index (χ1) is 17.5. The summed E-state index contributed by atoms with van der Waals surface area (Å²) in [5, 5.41) is 64.0. The summed E-state index contributed by atoms with van der Waals surface area (Å²) < 4.78 is 0. The van der Waals surface area contributed by atoms with Crippen LogP contribution in [0.1, 0.15) is 5.56 Å². The first kappa shape index (κ1) is 31.2. The quantitative estimate of drug-likeness (QED) is 0.101. The minimum absolute atomic E-state index is 0.0778. The van der Waals surface area contributed by atoms with E-state index >= 15 is 0 Å². The molecule has 16 nitrogen and oxygen atoms in total. The maximum Gasteiger partial charge on any atom is 0.328 e. The van der Waals surface area contributed by atoms with Gasteiger partial charge in [0.25, 0.3) is 0 Å². The number of nitrogens with one attached hydrogen (secondary N) is 4. The molecule has 0 aliphatic rings. The van der Waals surface area contributed by atoms with Crippen molar-refractivity contribution in [3.63, 3.8) is 0 Å². The van der Waals surface area contributed by atoms with E-state index < -0.39 is 86.2 Å². The molecule has 206 valence electrons. The average molecular weight is 530 g/mol. The van der Waals surface area contributed by atoms with Crippen LogP contribution in [-0.2, 0) is 30.4 Å². The Kier molecular flexibility index (Phi) is 12.9. The maximum absolute atomic E-state index is 13.0. The van der Waals surface area contributed by atoms with Gasteiger partial charge in [-0.15, -0.1) is 0 Å². The highest BCUT2D eigenvalue weighted by Crippen LogP contribution is 2.12. The lowest BCUT2D eigenvalue weighted by molar-refractivity contribution is -0.143. The number of aromatic hydroxyl groups is 1. The number of benzene rings is 1. The smallest absolute Gasteiger partial charge is 0.328 e. The van der Waals surface area contributed by atoms with Gasteiger partial charge < -0.3 is 57.6 Å². The van der Waals surface area contributed by atoms with Crippen LogP contribution < -0.4 is 27.0 Å². The van der Waals surface area contributed by atoms with E-state index in [0.717, 1.165) is 0 Å². The van der Waals surface area contributed by atoms with Crippen molar-refractivity contribution in [3.8, 4) is 5.75 Å². The molecule has 0 saturated heterocycles. The van der Waals surface area contributed by atoms with E-state index in [2.05, 4.69) is 16.0 Å². The normalized spacial score (nSPS) is 14.8. The van der Waals surface area contributed by atoms with Crippen LogP contribution in [0.5, 0.6) is 5.75 Å². The molecule has 0 fully saturated rings. The zero-order valence-corrected chi connectivity index (χ0v) is 19.5. The molecule has 1 aromatic carbocycles. The lowest BCUT2D eigenvalue weighted by atomic mass is 10.0. The monoisotopic (exact) mass is 529 g/mol. The third kappa shape index (κ3) is 9.98. The van der Waals surface area contributed by atoms with Crippen molar-refractivity contribution in [3.05, 3.63) is 29.8 Å². The summed E-state index contributed by atoms with van der Waals surface area (Å²) in [6.07, 6.45) is -0.214. The summed E-state index contributed by atoms with van der Waals surface area (Å²) in [5.41, 5.74) is 5.80. The van der Waals surface area contributed by atoms with E-state index in [1.165, 1.54) is 24.3 Å². The Balaban J connectivity index is 3.09. The number of carbonyl (C=O) groups is 5. The molecule has 1 rings (SSSR count). The highest BCUT2D eigenvalue weighted by Gasteiger charge is 2.31. The fraction of sp³-hybridized carbons (Fsp3) is 0.476. The third-order valence-corrected chi connectivity index (χ3v) is 4.97. The standard InChI is InChI=1S/C21H31N5O11/c22-12(6-27)17(32)24-14(7-28)19(34)23-13(5-10-1-3-11(31)4-2-10)18(33)25-15(8-29)20(35)26-16(9-30)21(36)37/h1-4,12-16,27-31H,5-9,22H2,(H,23,34)(H,24,32)(H,25,33)(H,26,35)(H,36,37). The van der Waals surface area contributed by atoms with Gasteiger partial charge in [0.2, 0.25) is 23.6 Å². The molecule has 1 aromatic rings. The fourth-order valence-electron chi connectivity index (χ4n) is 2.83. The number of phenolic OH excluding ortho intramolecular Hbond substituents is 1. The largest absolute Gasteiger partial charge is 0.508 e. The molecule has 5 atom stereocenters. The van der Waals surface area contributed by atoms with Crippen LogP contribution in [0.4, 0.5) is 0 Å². The molecule has 12 N–H and O–H groups in total. The first-order valence-corrected chi connectivity index (χ1v) is 10.9. The van der Waals surface area contributed by atoms with Gasteiger partial charge in [-0.1, -0.05) is 12.1 Å². The van der Waals surface area contributed by atoms with E-state index in [-0.39, 0.29) is 12.2 Å². The molecule has 0 aliphatic carbocycles. The number of amides is 4. The van der Waals surface area contributed by atoms with Gasteiger partial charge in [0.15, 0.2) is 0 Å². The van der Waals surface area contributed by atoms with Gasteiger partial charge in [0.05, 0.1) is 26.4 Å². The fourth-order valence-corrected chi connectivity index (χ4v) is 2.83. The van der Waals surface area contributed by atoms with Crippen LogP contribution in [0, 0.1) is 0 Å². The molecule has 0 bridgehead atoms. The summed E-state index contributed by atoms with van der Waals surface area (Å²) in [6.45, 7) is -3.56. The van der Waals surface area contributed by atoms with E-state index in [9.17, 15) is 39.3 Å². The van der Waals surface area contributed by atoms with Crippen LogP contribution >= 0.6 is 0 Å². The number of carbonyl (C=O) groups excluding carboxylic acids is 4. The predicted octanol–water partition coefficient (Wildman–Crippen LogP) is -5.74. The van der Waals surface area contributed by atoms with Crippen LogP contribution in [0.15, 0.2) is 24.3 Å². The third-order valence-electron chi connectivity index (χ3n) is 4.97. The summed E-state index contributed by atoms with van der Waals surface area (Å²) in [5.74, 6) is -5.77. The lowest BCUT2D eigenvalue weighted by Gasteiger charge is -2.25. The van der Waals surface area contributed by atoms with Crippen LogP contribution in [0.2, 0.25) is 0 Å². The number of hydrogen-bond donors (Lipinski definition) is 11. The second-order valence-electron chi connectivity index (χ2n) is 7.79. The Morgan fingerprint density at radius 1 is 0.649 bits per heavy atom. The Morgan fingerprint density at radius 3 is 1.49 bits per heavy atom. The van der Waals surface area contributed by atoms with Gasteiger partial charge in [-0.25, -0.2) is 4.79 Å². The number of aliphatic hydroxyl groups is 4. The number of carboxylic acid groups (broad SMARTS) is 1. The Hall–Kier alpha value is -3.83. The molecular weight excluding hydrogens is 498 g/mol. The topological polar surface area (TPSA) is 281 Å². The number of carboxylic acids is 1. The van der Waals surface area contributed by atoms with Crippen molar-refractivity contribution < 1.29 is 54.6 Å². The number of rotatable bonds is 15. The SMILES string of the molecule is NC(CO)C(=O)NC(CO)C(=O)NC(Cc1ccc(O)cc1)C(=O)NC(CO)C(=O)NC(CO)C(=O)O. The molecular formula is C21H31N5O11. The van der Waals surface area contributed by atoms with Crippen molar-refractivity contribution in [1.29, 1.82) is 0 Å². The molecule has 16 heteroatoms. The molecule has 4 amide bonds. The summed E-state index contributed by atoms with van der Waals surface area (Å²) in [7, 11) is 0. The van der Waals surface area contributed by atoms with Crippen molar-refractivity contribution >= 4 is 29.6 Å². The van der Waals surface area contributed by atoms with E-state index in [4.69, 9.17) is 21.1 Å². The Bertz CT molecular complexity index is 943. The molecule has 0 saturated carbocycles. The molecule has 0 heterocycles. The number of phenols is 1. The van der Waals surface area contributed by atoms with E-state index in [0.29, 0.717) is 5.56 Å². The Morgan fingerprint density at radius 2 is 1.05 bits per heavy atom. The second-order valence-corrected chi connectivity index (χ2v) is 7.79. The molecule has 0 aromatic heterocycles. The van der Waals surface area contributed by atoms with E-state index in [1.54, 1.807) is 0 Å². The lowest BCUT2D eigenvalue weighted by Crippen LogP contribution is -2.60. The van der Waals surface area contributed by atoms with Gasteiger partial charge >= 0.3 is 5.97 Å². The van der Waals surface area contributed by atoms with Gasteiger partial charge in [-0.05, 0) is 17.7 Å². The van der Waals surface area contributed by atoms with Crippen molar-refractivity contribution in [2.75, 3.05) is 26.4 Å². The number of aliphatic hydroxyl groups excluding tert-OH is 4. The van der Waals surface area contributed by atoms with Crippen LogP contribution in [0.3, 0.4) is 0 Å². The molecule has 0 radical (unpaired) electrons. The number of hydrogen-bond acceptors (Lipinski definition) is 11. The minimum atomic E-state index is -1.70. The minimum Gasteiger partial charge on any atom is -0.508 e. The zero-order chi connectivity index (χ0) is 28.1. The van der Waals surface area contributed by atoms with Gasteiger partial charge in [-0.2, -0.15) is 0 Å². The molecule has 0 aliphatic heterocycles. The van der Waals surface area contributed by atoms with Crippen molar-refractivity contribution in [1.82, 2.24) is 21.3 Å². The first-order valence-electron chi connectivity index (χ1n) is 10.9. The van der Waals surface area contributed by atoms with Gasteiger partial charge in [-0.3, -0.25) is 19.2 Å². The van der Waals surface area contributed by atoms with Crippen LogP contribution in [0.25, 0.3) is 0 Å². The second kappa shape index (κ2) is 15.3. The molecule has 0 spiro atoms. The summed E-state index contributed by atoms with van der Waals surface area (Å²) >= 11 is 0.